The molecule has 0 aromatic heterocycles. The van der Waals surface area contributed by atoms with Crippen LogP contribution in [-0.2, 0) is 6.54 Å². The summed E-state index contributed by atoms with van der Waals surface area (Å²) in [5, 5.41) is 14.1. The number of hydrogen-bond donors (Lipinski definition) is 1. The van der Waals surface area contributed by atoms with Crippen molar-refractivity contribution >= 4 is 34.6 Å². The molecule has 1 N–H and O–H groups in total. The van der Waals surface area contributed by atoms with E-state index in [0.717, 1.165) is 0 Å². The van der Waals surface area contributed by atoms with Gasteiger partial charge in [0.05, 0.1) is 21.0 Å². The number of nitro groups is 1. The van der Waals surface area contributed by atoms with Gasteiger partial charge in [0.15, 0.2) is 5.82 Å². The van der Waals surface area contributed by atoms with Gasteiger partial charge in [0.25, 0.3) is 5.69 Å². The number of nitrogens with one attached hydrogen (secondary N) is 1. The molecule has 0 unspecified atom stereocenters. The van der Waals surface area contributed by atoms with Gasteiger partial charge in [-0.3, -0.25) is 10.1 Å². The lowest BCUT2D eigenvalue weighted by Gasteiger charge is -2.09. The molecule has 4 nitrogen and oxygen atoms in total. The molecule has 0 heterocycles. The first-order chi connectivity index (χ1) is 9.88. The minimum Gasteiger partial charge on any atom is -0.373 e. The van der Waals surface area contributed by atoms with E-state index < -0.39 is 22.2 Å². The van der Waals surface area contributed by atoms with Crippen LogP contribution in [0.3, 0.4) is 0 Å². The summed E-state index contributed by atoms with van der Waals surface area (Å²) in [6.07, 6.45) is 0. The molecule has 0 aliphatic heterocycles. The van der Waals surface area contributed by atoms with E-state index in [4.69, 9.17) is 23.2 Å². The monoisotopic (exact) mass is 332 g/mol. The highest BCUT2D eigenvalue weighted by atomic mass is 35.5. The van der Waals surface area contributed by atoms with Crippen molar-refractivity contribution in [1.82, 2.24) is 0 Å². The van der Waals surface area contributed by atoms with Crippen LogP contribution in [-0.4, -0.2) is 4.92 Å². The van der Waals surface area contributed by atoms with E-state index in [0.29, 0.717) is 27.7 Å². The van der Waals surface area contributed by atoms with Crippen molar-refractivity contribution < 1.29 is 13.7 Å². The van der Waals surface area contributed by atoms with Gasteiger partial charge < -0.3 is 5.32 Å². The summed E-state index contributed by atoms with van der Waals surface area (Å²) in [5.74, 6) is -2.05. The van der Waals surface area contributed by atoms with E-state index in [9.17, 15) is 18.9 Å². The molecule has 110 valence electrons. The van der Waals surface area contributed by atoms with Gasteiger partial charge in [0.2, 0.25) is 0 Å². The van der Waals surface area contributed by atoms with E-state index in [2.05, 4.69) is 5.32 Å². The van der Waals surface area contributed by atoms with E-state index in [-0.39, 0.29) is 12.2 Å². The Labute approximate surface area is 128 Å². The molecule has 0 fully saturated rings. The van der Waals surface area contributed by atoms with Crippen LogP contribution in [0.2, 0.25) is 10.0 Å². The third kappa shape index (κ3) is 3.59. The second kappa shape index (κ2) is 6.24. The Kier molecular flexibility index (Phi) is 4.59. The standard InChI is InChI=1S/C13H8Cl2F2N2O2/c14-9-2-1-7(3-10(9)15)6-18-13-11(17)4-8(16)5-12(13)19(20)21/h1-5,18H,6H2. The van der Waals surface area contributed by atoms with Crippen LogP contribution in [0.5, 0.6) is 0 Å². The number of rotatable bonds is 4. The highest BCUT2D eigenvalue weighted by Crippen LogP contribution is 2.29. The van der Waals surface area contributed by atoms with Crippen LogP contribution in [0.4, 0.5) is 20.2 Å². The molecule has 0 aliphatic rings. The molecular weight excluding hydrogens is 325 g/mol. The third-order valence-corrected chi connectivity index (χ3v) is 3.42. The Balaban J connectivity index is 2.27. The lowest BCUT2D eigenvalue weighted by atomic mass is 10.2. The molecule has 0 saturated carbocycles. The number of halogens is 4. The van der Waals surface area contributed by atoms with Gasteiger partial charge in [-0.25, -0.2) is 8.78 Å². The van der Waals surface area contributed by atoms with Crippen molar-refractivity contribution in [2.75, 3.05) is 5.32 Å². The lowest BCUT2D eigenvalue weighted by molar-refractivity contribution is -0.384. The molecule has 2 aromatic carbocycles. The Hall–Kier alpha value is -1.92. The van der Waals surface area contributed by atoms with Gasteiger partial charge in [-0.2, -0.15) is 0 Å². The summed E-state index contributed by atoms with van der Waals surface area (Å²) < 4.78 is 26.7. The maximum atomic E-state index is 13.7. The number of nitrogens with zero attached hydrogens (tertiary/aromatic N) is 1. The molecular formula is C13H8Cl2F2N2O2. The first-order valence-corrected chi connectivity index (χ1v) is 6.45. The highest BCUT2D eigenvalue weighted by Gasteiger charge is 2.20. The predicted octanol–water partition coefficient (Wildman–Crippen LogP) is 4.79. The molecule has 0 atom stereocenters. The molecule has 0 amide bonds. The van der Waals surface area contributed by atoms with Crippen molar-refractivity contribution in [3.05, 3.63) is 67.7 Å². The molecule has 0 spiro atoms. The average Bonchev–Trinajstić information content (AvgIpc) is 2.40. The SMILES string of the molecule is O=[N+]([O-])c1cc(F)cc(F)c1NCc1ccc(Cl)c(Cl)c1. The Bertz CT molecular complexity index is 711. The van der Waals surface area contributed by atoms with E-state index in [1.165, 1.54) is 0 Å². The summed E-state index contributed by atoms with van der Waals surface area (Å²) >= 11 is 11.6. The van der Waals surface area contributed by atoms with E-state index in [1.807, 2.05) is 0 Å². The molecule has 0 radical (unpaired) electrons. The van der Waals surface area contributed by atoms with Crippen LogP contribution >= 0.6 is 23.2 Å². The lowest BCUT2D eigenvalue weighted by Crippen LogP contribution is -2.05. The van der Waals surface area contributed by atoms with Gasteiger partial charge in [0, 0.05) is 12.6 Å². The van der Waals surface area contributed by atoms with Crippen LogP contribution < -0.4 is 5.32 Å². The minimum atomic E-state index is -1.04. The van der Waals surface area contributed by atoms with Gasteiger partial charge in [-0.1, -0.05) is 29.3 Å². The zero-order valence-electron chi connectivity index (χ0n) is 10.4. The summed E-state index contributed by atoms with van der Waals surface area (Å²) in [4.78, 5) is 9.97. The van der Waals surface area contributed by atoms with Gasteiger partial charge in [-0.05, 0) is 17.7 Å². The van der Waals surface area contributed by atoms with Crippen LogP contribution in [0.25, 0.3) is 0 Å². The number of anilines is 1. The molecule has 2 aromatic rings. The molecule has 21 heavy (non-hydrogen) atoms. The predicted molar refractivity (Wildman–Crippen MR) is 76.8 cm³/mol. The maximum Gasteiger partial charge on any atom is 0.298 e. The van der Waals surface area contributed by atoms with Crippen molar-refractivity contribution in [1.29, 1.82) is 0 Å². The second-order valence-corrected chi connectivity index (χ2v) is 4.96. The zero-order chi connectivity index (χ0) is 15.6. The van der Waals surface area contributed by atoms with E-state index >= 15 is 0 Å². The summed E-state index contributed by atoms with van der Waals surface area (Å²) in [6, 6.07) is 5.96. The zero-order valence-corrected chi connectivity index (χ0v) is 11.9. The van der Waals surface area contributed by atoms with Crippen molar-refractivity contribution in [2.45, 2.75) is 6.54 Å². The van der Waals surface area contributed by atoms with Crippen LogP contribution in [0, 0.1) is 21.7 Å². The van der Waals surface area contributed by atoms with Crippen molar-refractivity contribution in [2.24, 2.45) is 0 Å². The fraction of sp³-hybridized carbons (Fsp3) is 0.0769. The molecule has 0 saturated heterocycles. The fourth-order valence-corrected chi connectivity index (χ4v) is 2.04. The Morgan fingerprint density at radius 1 is 1.14 bits per heavy atom. The number of benzene rings is 2. The molecule has 0 bridgehead atoms. The molecule has 0 aliphatic carbocycles. The van der Waals surface area contributed by atoms with Crippen LogP contribution in [0.1, 0.15) is 5.56 Å². The largest absolute Gasteiger partial charge is 0.373 e. The summed E-state index contributed by atoms with van der Waals surface area (Å²) in [5.41, 5.74) is -0.414. The Morgan fingerprint density at radius 2 is 1.86 bits per heavy atom. The maximum absolute atomic E-state index is 13.7. The smallest absolute Gasteiger partial charge is 0.298 e. The van der Waals surface area contributed by atoms with Gasteiger partial charge in [-0.15, -0.1) is 0 Å². The minimum absolute atomic E-state index is 0.0697. The number of nitro benzene ring substituents is 1. The van der Waals surface area contributed by atoms with Crippen LogP contribution in [0.15, 0.2) is 30.3 Å². The summed E-state index contributed by atoms with van der Waals surface area (Å²) in [7, 11) is 0. The summed E-state index contributed by atoms with van der Waals surface area (Å²) in [6.45, 7) is 0.0697. The quantitative estimate of drug-likeness (QED) is 0.646. The normalized spacial score (nSPS) is 10.5. The van der Waals surface area contributed by atoms with Crippen molar-refractivity contribution in [3.8, 4) is 0 Å². The van der Waals surface area contributed by atoms with Crippen molar-refractivity contribution in [3.63, 3.8) is 0 Å². The first-order valence-electron chi connectivity index (χ1n) is 5.69. The van der Waals surface area contributed by atoms with Gasteiger partial charge >= 0.3 is 0 Å². The molecule has 8 heteroatoms. The fourth-order valence-electron chi connectivity index (χ4n) is 1.72. The highest BCUT2D eigenvalue weighted by molar-refractivity contribution is 6.42. The Morgan fingerprint density at radius 3 is 2.48 bits per heavy atom. The second-order valence-electron chi connectivity index (χ2n) is 4.14. The topological polar surface area (TPSA) is 55.2 Å². The average molecular weight is 333 g/mol. The third-order valence-electron chi connectivity index (χ3n) is 2.68. The van der Waals surface area contributed by atoms with E-state index in [1.54, 1.807) is 18.2 Å². The first kappa shape index (κ1) is 15.5. The number of hydrogen-bond acceptors (Lipinski definition) is 3. The molecule has 2 rings (SSSR count). The van der Waals surface area contributed by atoms with Gasteiger partial charge in [0.1, 0.15) is 11.5 Å².